The number of carboxylic acid groups (broad SMARTS) is 1. The van der Waals surface area contributed by atoms with Gasteiger partial charge in [0.25, 0.3) is 0 Å². The number of aromatic amines is 1. The maximum atomic E-state index is 12.0. The summed E-state index contributed by atoms with van der Waals surface area (Å²) in [5.41, 5.74) is 6.72. The van der Waals surface area contributed by atoms with E-state index in [2.05, 4.69) is 26.7 Å². The Morgan fingerprint density at radius 2 is 1.97 bits per heavy atom. The zero-order valence-electron chi connectivity index (χ0n) is 18.5. The second-order valence-corrected chi connectivity index (χ2v) is 8.56. The quantitative estimate of drug-likeness (QED) is 0.375. The monoisotopic (exact) mass is 453 g/mol. The van der Waals surface area contributed by atoms with E-state index in [1.165, 1.54) is 0 Å². The summed E-state index contributed by atoms with van der Waals surface area (Å²) in [6, 6.07) is 20.9. The number of carboxylic acids is 1. The molecule has 6 rings (SSSR count). The number of hydrogen-bond donors (Lipinski definition) is 3. The highest BCUT2D eigenvalue weighted by molar-refractivity contribution is 5.87. The van der Waals surface area contributed by atoms with Gasteiger partial charge in [-0.15, -0.1) is 5.10 Å². The molecule has 3 N–H and O–H groups in total. The lowest BCUT2D eigenvalue weighted by Gasteiger charge is -2.30. The molecule has 3 aromatic carbocycles. The average molecular weight is 454 g/mol. The lowest BCUT2D eigenvalue weighted by molar-refractivity contribution is -0.139. The summed E-state index contributed by atoms with van der Waals surface area (Å²) < 4.78 is 7.49. The molecule has 0 amide bonds. The summed E-state index contributed by atoms with van der Waals surface area (Å²) >= 11 is 0. The summed E-state index contributed by atoms with van der Waals surface area (Å²) in [5.74, 6) is -0.116. The minimum Gasteiger partial charge on any atom is -0.496 e. The molecule has 0 spiro atoms. The van der Waals surface area contributed by atoms with Crippen LogP contribution in [0.2, 0.25) is 0 Å². The number of aromatic nitrogens is 4. The molecule has 0 saturated heterocycles. The Bertz CT molecular complexity index is 1540. The Labute approximate surface area is 195 Å². The lowest BCUT2D eigenvalue weighted by Crippen LogP contribution is -2.45. The molecule has 0 fully saturated rings. The van der Waals surface area contributed by atoms with Gasteiger partial charge in [-0.3, -0.25) is 10.1 Å². The highest BCUT2D eigenvalue weighted by Gasteiger charge is 2.34. The van der Waals surface area contributed by atoms with E-state index in [4.69, 9.17) is 4.74 Å². The third-order valence-electron chi connectivity index (χ3n) is 6.59. The van der Waals surface area contributed by atoms with Crippen molar-refractivity contribution in [3.05, 3.63) is 89.1 Å². The molecule has 2 atom stereocenters. The summed E-state index contributed by atoms with van der Waals surface area (Å²) in [5, 5.41) is 22.8. The number of rotatable bonds is 5. The molecule has 34 heavy (non-hydrogen) atoms. The number of benzene rings is 3. The van der Waals surface area contributed by atoms with E-state index in [9.17, 15) is 9.90 Å². The lowest BCUT2D eigenvalue weighted by atomic mass is 9.89. The summed E-state index contributed by atoms with van der Waals surface area (Å²) in [6.45, 7) is 0.478. The first-order valence-electron chi connectivity index (χ1n) is 11.2. The molecular formula is C26H23N5O3. The molecule has 5 aromatic rings. The molecule has 1 aliphatic heterocycles. The highest BCUT2D eigenvalue weighted by Crippen LogP contribution is 2.36. The van der Waals surface area contributed by atoms with Crippen LogP contribution in [0.5, 0.6) is 5.75 Å². The number of nitrogens with zero attached hydrogens (tertiary/aromatic N) is 3. The van der Waals surface area contributed by atoms with E-state index >= 15 is 0 Å². The van der Waals surface area contributed by atoms with Gasteiger partial charge in [-0.05, 0) is 41.5 Å². The third-order valence-corrected chi connectivity index (χ3v) is 6.59. The van der Waals surface area contributed by atoms with Gasteiger partial charge in [0.05, 0.1) is 25.2 Å². The van der Waals surface area contributed by atoms with Crippen molar-refractivity contribution in [1.82, 2.24) is 25.3 Å². The number of methoxy groups -OCH3 is 1. The highest BCUT2D eigenvalue weighted by atomic mass is 16.5. The standard InChI is InChI=1S/C26H23N5O3/c1-34-23-11-10-15(12-16(23)14-31-22-9-5-4-8-20(22)29-30-31)24-25-18(13-21(28-24)26(32)33)17-6-2-3-7-19(17)27-25/h2-12,21,24,27-28H,13-14H2,1H3,(H,32,33)/t21-,24+/m0/s1. The predicted octanol–water partition coefficient (Wildman–Crippen LogP) is 3.66. The van der Waals surface area contributed by atoms with Gasteiger partial charge in [-0.2, -0.15) is 0 Å². The Morgan fingerprint density at radius 3 is 2.82 bits per heavy atom. The Balaban J connectivity index is 1.45. The van der Waals surface area contributed by atoms with Crippen LogP contribution in [0.1, 0.15) is 28.4 Å². The molecule has 8 heteroatoms. The van der Waals surface area contributed by atoms with Gasteiger partial charge < -0.3 is 14.8 Å². The fraction of sp³-hybridized carbons (Fsp3) is 0.192. The Kier molecular flexibility index (Phi) is 4.81. The normalized spacial score (nSPS) is 17.7. The predicted molar refractivity (Wildman–Crippen MR) is 128 cm³/mol. The summed E-state index contributed by atoms with van der Waals surface area (Å²) in [4.78, 5) is 15.5. The van der Waals surface area contributed by atoms with Gasteiger partial charge in [-0.25, -0.2) is 4.68 Å². The van der Waals surface area contributed by atoms with Crippen LogP contribution in [0.25, 0.3) is 21.9 Å². The first kappa shape index (κ1) is 20.4. The Morgan fingerprint density at radius 1 is 1.15 bits per heavy atom. The van der Waals surface area contributed by atoms with Gasteiger partial charge in [-0.1, -0.05) is 41.6 Å². The van der Waals surface area contributed by atoms with E-state index in [-0.39, 0.29) is 6.04 Å². The maximum absolute atomic E-state index is 12.0. The third kappa shape index (κ3) is 3.31. The second-order valence-electron chi connectivity index (χ2n) is 8.56. The molecule has 0 unspecified atom stereocenters. The number of hydrogen-bond acceptors (Lipinski definition) is 5. The Hall–Kier alpha value is -4.17. The number of aliphatic carboxylic acids is 1. The molecule has 0 bridgehead atoms. The summed E-state index contributed by atoms with van der Waals surface area (Å²) in [7, 11) is 1.65. The fourth-order valence-electron chi connectivity index (χ4n) is 4.95. The van der Waals surface area contributed by atoms with Gasteiger partial charge in [0.15, 0.2) is 0 Å². The minimum atomic E-state index is -0.858. The zero-order chi connectivity index (χ0) is 23.2. The molecule has 0 saturated carbocycles. The van der Waals surface area contributed by atoms with Crippen LogP contribution in [0.15, 0.2) is 66.7 Å². The van der Waals surface area contributed by atoms with Crippen LogP contribution in [0.3, 0.4) is 0 Å². The van der Waals surface area contributed by atoms with Crippen molar-refractivity contribution in [3.63, 3.8) is 0 Å². The molecule has 170 valence electrons. The van der Waals surface area contributed by atoms with Crippen molar-refractivity contribution >= 4 is 27.9 Å². The topological polar surface area (TPSA) is 105 Å². The minimum absolute atomic E-state index is 0.297. The largest absolute Gasteiger partial charge is 0.496 e. The molecule has 3 heterocycles. The van der Waals surface area contributed by atoms with Crippen LogP contribution in [-0.2, 0) is 17.8 Å². The van der Waals surface area contributed by atoms with Crippen molar-refractivity contribution < 1.29 is 14.6 Å². The van der Waals surface area contributed by atoms with Crippen molar-refractivity contribution in [3.8, 4) is 5.75 Å². The van der Waals surface area contributed by atoms with E-state index < -0.39 is 12.0 Å². The van der Waals surface area contributed by atoms with Crippen LogP contribution in [-0.4, -0.2) is 44.2 Å². The molecule has 1 aliphatic rings. The van der Waals surface area contributed by atoms with Gasteiger partial charge in [0, 0.05) is 28.6 Å². The van der Waals surface area contributed by atoms with Crippen LogP contribution in [0.4, 0.5) is 0 Å². The second kappa shape index (κ2) is 8.00. The maximum Gasteiger partial charge on any atom is 0.321 e. The van der Waals surface area contributed by atoms with E-state index in [1.807, 2.05) is 65.3 Å². The van der Waals surface area contributed by atoms with E-state index in [1.54, 1.807) is 7.11 Å². The number of fused-ring (bicyclic) bond motifs is 4. The fourth-order valence-corrected chi connectivity index (χ4v) is 4.95. The van der Waals surface area contributed by atoms with Gasteiger partial charge in [0.2, 0.25) is 0 Å². The first-order chi connectivity index (χ1) is 16.6. The van der Waals surface area contributed by atoms with Crippen LogP contribution in [0, 0.1) is 0 Å². The van der Waals surface area contributed by atoms with Gasteiger partial charge >= 0.3 is 5.97 Å². The van der Waals surface area contributed by atoms with Crippen molar-refractivity contribution in [2.45, 2.75) is 25.0 Å². The smallest absolute Gasteiger partial charge is 0.321 e. The number of carbonyl (C=O) groups is 1. The van der Waals surface area contributed by atoms with Gasteiger partial charge in [0.1, 0.15) is 17.3 Å². The number of ether oxygens (including phenoxy) is 1. The van der Waals surface area contributed by atoms with Crippen molar-refractivity contribution in [2.24, 2.45) is 0 Å². The average Bonchev–Trinajstić information content (AvgIpc) is 3.45. The van der Waals surface area contributed by atoms with Crippen LogP contribution < -0.4 is 10.1 Å². The number of H-pyrrole nitrogens is 1. The van der Waals surface area contributed by atoms with E-state index in [0.717, 1.165) is 50.1 Å². The SMILES string of the molecule is COc1ccc([C@H]2N[C@H](C(=O)O)Cc3c2[nH]c2ccccc32)cc1Cn1nnc2ccccc21. The molecule has 0 radical (unpaired) electrons. The van der Waals surface area contributed by atoms with E-state index in [0.29, 0.717) is 13.0 Å². The van der Waals surface area contributed by atoms with Crippen LogP contribution >= 0.6 is 0 Å². The summed E-state index contributed by atoms with van der Waals surface area (Å²) in [6.07, 6.45) is 0.430. The molecule has 8 nitrogen and oxygen atoms in total. The van der Waals surface area contributed by atoms with Crippen molar-refractivity contribution in [1.29, 1.82) is 0 Å². The number of nitrogens with one attached hydrogen (secondary N) is 2. The molecule has 2 aromatic heterocycles. The van der Waals surface area contributed by atoms with Crippen molar-refractivity contribution in [2.75, 3.05) is 7.11 Å². The first-order valence-corrected chi connectivity index (χ1v) is 11.2. The number of para-hydroxylation sites is 2. The zero-order valence-corrected chi connectivity index (χ0v) is 18.5. The molecular weight excluding hydrogens is 430 g/mol. The molecule has 0 aliphatic carbocycles.